The fourth-order valence-corrected chi connectivity index (χ4v) is 2.77. The van der Waals surface area contributed by atoms with Crippen molar-refractivity contribution < 1.29 is 9.21 Å². The minimum Gasteiger partial charge on any atom is -0.463 e. The maximum Gasteiger partial charge on any atom is 0.272 e. The van der Waals surface area contributed by atoms with Gasteiger partial charge in [-0.15, -0.1) is 0 Å². The van der Waals surface area contributed by atoms with Gasteiger partial charge in [-0.3, -0.25) is 9.78 Å². The summed E-state index contributed by atoms with van der Waals surface area (Å²) in [5, 5.41) is 7.96. The van der Waals surface area contributed by atoms with Crippen molar-refractivity contribution in [3.63, 3.8) is 0 Å². The molecule has 1 amide bonds. The zero-order chi connectivity index (χ0) is 18.6. The van der Waals surface area contributed by atoms with Gasteiger partial charge in [0.1, 0.15) is 5.69 Å². The van der Waals surface area contributed by atoms with E-state index < -0.39 is 0 Å². The van der Waals surface area contributed by atoms with Crippen molar-refractivity contribution in [2.24, 2.45) is 0 Å². The van der Waals surface area contributed by atoms with E-state index in [0.29, 0.717) is 28.7 Å². The third-order valence-electron chi connectivity index (χ3n) is 3.99. The lowest BCUT2D eigenvalue weighted by Crippen LogP contribution is -2.23. The topological polar surface area (TPSA) is 73.0 Å². The van der Waals surface area contributed by atoms with Crippen molar-refractivity contribution in [3.8, 4) is 17.1 Å². The molecule has 0 saturated heterocycles. The Bertz CT molecular complexity index is 1040. The molecule has 0 aliphatic heterocycles. The van der Waals surface area contributed by atoms with Crippen molar-refractivity contribution in [1.82, 2.24) is 20.1 Å². The Balaban J connectivity index is 1.64. The second-order valence-electron chi connectivity index (χ2n) is 5.82. The fraction of sp³-hybridized carbons (Fsp3) is 0.0500. The number of rotatable bonds is 5. The maximum atomic E-state index is 12.6. The highest BCUT2D eigenvalue weighted by atomic mass is 35.5. The van der Waals surface area contributed by atoms with E-state index in [2.05, 4.69) is 15.4 Å². The van der Waals surface area contributed by atoms with Crippen molar-refractivity contribution in [2.75, 3.05) is 0 Å². The van der Waals surface area contributed by atoms with E-state index in [9.17, 15) is 4.79 Å². The summed E-state index contributed by atoms with van der Waals surface area (Å²) < 4.78 is 7.17. The molecule has 27 heavy (non-hydrogen) atoms. The summed E-state index contributed by atoms with van der Waals surface area (Å²) in [6.45, 7) is 0.394. The van der Waals surface area contributed by atoms with Crippen molar-refractivity contribution in [3.05, 3.63) is 89.5 Å². The molecule has 0 unspecified atom stereocenters. The van der Waals surface area contributed by atoms with Crippen LogP contribution in [0, 0.1) is 0 Å². The largest absolute Gasteiger partial charge is 0.463 e. The molecule has 0 aliphatic carbocycles. The van der Waals surface area contributed by atoms with Crippen LogP contribution in [-0.4, -0.2) is 20.7 Å². The molecule has 0 radical (unpaired) electrons. The fourth-order valence-electron chi connectivity index (χ4n) is 2.64. The number of carbonyl (C=O) groups is 1. The number of carbonyl (C=O) groups excluding carboxylic acids is 1. The molecule has 1 aromatic carbocycles. The summed E-state index contributed by atoms with van der Waals surface area (Å²) >= 11 is 5.98. The monoisotopic (exact) mass is 378 g/mol. The lowest BCUT2D eigenvalue weighted by Gasteiger charge is -2.05. The number of aromatic nitrogens is 3. The van der Waals surface area contributed by atoms with Crippen LogP contribution in [0.4, 0.5) is 0 Å². The van der Waals surface area contributed by atoms with Gasteiger partial charge in [-0.1, -0.05) is 11.6 Å². The minimum atomic E-state index is -0.271. The maximum absolute atomic E-state index is 12.6. The Morgan fingerprint density at radius 3 is 2.59 bits per heavy atom. The Labute approximate surface area is 160 Å². The van der Waals surface area contributed by atoms with Crippen LogP contribution in [0.5, 0.6) is 0 Å². The molecule has 134 valence electrons. The van der Waals surface area contributed by atoms with E-state index >= 15 is 0 Å². The Hall–Kier alpha value is -3.38. The number of halogens is 1. The first-order valence-corrected chi connectivity index (χ1v) is 8.65. The molecule has 0 spiro atoms. The van der Waals surface area contributed by atoms with E-state index in [1.807, 2.05) is 30.3 Å². The molecule has 0 fully saturated rings. The Morgan fingerprint density at radius 2 is 1.89 bits per heavy atom. The molecule has 3 aromatic heterocycles. The zero-order valence-corrected chi connectivity index (χ0v) is 14.9. The van der Waals surface area contributed by atoms with Gasteiger partial charge in [-0.25, -0.2) is 4.68 Å². The van der Waals surface area contributed by atoms with Crippen LogP contribution < -0.4 is 5.32 Å². The number of hydrogen-bond acceptors (Lipinski definition) is 4. The van der Waals surface area contributed by atoms with Crippen LogP contribution in [0.15, 0.2) is 77.7 Å². The summed E-state index contributed by atoms with van der Waals surface area (Å²) in [5.41, 5.74) is 2.71. The summed E-state index contributed by atoms with van der Waals surface area (Å²) in [6.07, 6.45) is 4.95. The summed E-state index contributed by atoms with van der Waals surface area (Å²) in [4.78, 5) is 16.5. The van der Waals surface area contributed by atoms with Gasteiger partial charge in [0.25, 0.3) is 5.91 Å². The first-order valence-electron chi connectivity index (χ1n) is 8.28. The molecule has 0 bridgehead atoms. The van der Waals surface area contributed by atoms with Gasteiger partial charge in [0, 0.05) is 30.0 Å². The normalized spacial score (nSPS) is 10.7. The zero-order valence-electron chi connectivity index (χ0n) is 14.2. The number of nitrogens with one attached hydrogen (secondary N) is 1. The summed E-state index contributed by atoms with van der Waals surface area (Å²) in [6, 6.07) is 16.2. The van der Waals surface area contributed by atoms with Crippen LogP contribution >= 0.6 is 11.6 Å². The highest BCUT2D eigenvalue weighted by molar-refractivity contribution is 6.30. The van der Waals surface area contributed by atoms with Gasteiger partial charge in [0.05, 0.1) is 12.0 Å². The van der Waals surface area contributed by atoms with Gasteiger partial charge in [0.15, 0.2) is 11.5 Å². The van der Waals surface area contributed by atoms with Gasteiger partial charge >= 0.3 is 0 Å². The molecule has 3 heterocycles. The Kier molecular flexibility index (Phi) is 4.72. The van der Waals surface area contributed by atoms with Gasteiger partial charge in [-0.05, 0) is 54.1 Å². The van der Waals surface area contributed by atoms with Crippen molar-refractivity contribution >= 4 is 17.5 Å². The van der Waals surface area contributed by atoms with Gasteiger partial charge < -0.3 is 9.73 Å². The van der Waals surface area contributed by atoms with Crippen molar-refractivity contribution in [1.29, 1.82) is 0 Å². The van der Waals surface area contributed by atoms with Crippen LogP contribution in [-0.2, 0) is 6.54 Å². The van der Waals surface area contributed by atoms with Gasteiger partial charge in [0.2, 0.25) is 0 Å². The predicted molar refractivity (Wildman–Crippen MR) is 102 cm³/mol. The number of furan rings is 1. The summed E-state index contributed by atoms with van der Waals surface area (Å²) in [5.74, 6) is 0.345. The standard InChI is InChI=1S/C20H15ClN4O2/c21-15-3-5-16(6-4-15)25-18(19-2-1-11-27-19)12-17(24-25)20(26)23-13-14-7-9-22-10-8-14/h1-12H,13H2,(H,23,26). The van der Waals surface area contributed by atoms with E-state index in [-0.39, 0.29) is 5.91 Å². The smallest absolute Gasteiger partial charge is 0.272 e. The van der Waals surface area contributed by atoms with E-state index in [0.717, 1.165) is 11.3 Å². The second kappa shape index (κ2) is 7.47. The average molecular weight is 379 g/mol. The molecule has 0 saturated carbocycles. The van der Waals surface area contributed by atoms with E-state index in [1.54, 1.807) is 47.6 Å². The molecular formula is C20H15ClN4O2. The molecule has 4 aromatic rings. The van der Waals surface area contributed by atoms with Crippen LogP contribution in [0.3, 0.4) is 0 Å². The predicted octanol–water partition coefficient (Wildman–Crippen LogP) is 4.11. The van der Waals surface area contributed by atoms with E-state index in [4.69, 9.17) is 16.0 Å². The number of benzene rings is 1. The Morgan fingerprint density at radius 1 is 1.11 bits per heavy atom. The first kappa shape index (κ1) is 17.1. The van der Waals surface area contributed by atoms with E-state index in [1.165, 1.54) is 0 Å². The molecule has 4 rings (SSSR count). The summed E-state index contributed by atoms with van der Waals surface area (Å²) in [7, 11) is 0. The van der Waals surface area contributed by atoms with Crippen LogP contribution in [0.1, 0.15) is 16.1 Å². The molecule has 0 atom stereocenters. The third kappa shape index (κ3) is 3.75. The number of pyridine rings is 1. The van der Waals surface area contributed by atoms with Gasteiger partial charge in [-0.2, -0.15) is 5.10 Å². The van der Waals surface area contributed by atoms with Crippen LogP contribution in [0.25, 0.3) is 17.1 Å². The quantitative estimate of drug-likeness (QED) is 0.567. The SMILES string of the molecule is O=C(NCc1ccncc1)c1cc(-c2ccco2)n(-c2ccc(Cl)cc2)n1. The molecule has 7 heteroatoms. The number of nitrogens with zero attached hydrogens (tertiary/aromatic N) is 3. The minimum absolute atomic E-state index is 0.271. The highest BCUT2D eigenvalue weighted by Gasteiger charge is 2.18. The van der Waals surface area contributed by atoms with Crippen molar-refractivity contribution in [2.45, 2.75) is 6.54 Å². The molecule has 0 aliphatic rings. The lowest BCUT2D eigenvalue weighted by atomic mass is 10.2. The number of hydrogen-bond donors (Lipinski definition) is 1. The highest BCUT2D eigenvalue weighted by Crippen LogP contribution is 2.25. The molecular weight excluding hydrogens is 364 g/mol. The average Bonchev–Trinajstić information content (AvgIpc) is 3.37. The molecule has 1 N–H and O–H groups in total. The third-order valence-corrected chi connectivity index (χ3v) is 4.24. The second-order valence-corrected chi connectivity index (χ2v) is 6.25. The number of amides is 1. The van der Waals surface area contributed by atoms with Crippen LogP contribution in [0.2, 0.25) is 5.02 Å². The first-order chi connectivity index (χ1) is 13.2. The molecule has 6 nitrogen and oxygen atoms in total. The lowest BCUT2D eigenvalue weighted by molar-refractivity contribution is 0.0945.